The molecule has 148 valence electrons. The molecule has 1 saturated heterocycles. The van der Waals surface area contributed by atoms with Gasteiger partial charge < -0.3 is 0 Å². The van der Waals surface area contributed by atoms with E-state index < -0.39 is 22.0 Å². The molecule has 0 spiro atoms. The average molecular weight is 407 g/mol. The zero-order valence-electron chi connectivity index (χ0n) is 16.0. The zero-order valence-corrected chi connectivity index (χ0v) is 16.8. The Balaban J connectivity index is 1.87. The summed E-state index contributed by atoms with van der Waals surface area (Å²) >= 11 is 0. The van der Waals surface area contributed by atoms with Crippen molar-refractivity contribution >= 4 is 15.9 Å². The Morgan fingerprint density at radius 2 is 1.38 bits per heavy atom. The topological polar surface area (TPSA) is 66.5 Å². The van der Waals surface area contributed by atoms with Crippen molar-refractivity contribution in [1.82, 2.24) is 9.62 Å². The molecule has 29 heavy (non-hydrogen) atoms. The molecule has 0 radical (unpaired) electrons. The molecule has 0 bridgehead atoms. The number of carbonyl (C=O) groups excluding carboxylic acids is 1. The molecule has 5 nitrogen and oxygen atoms in total. The Hall–Kier alpha value is -2.96. The van der Waals surface area contributed by atoms with Crippen molar-refractivity contribution in [3.8, 4) is 0 Å². The van der Waals surface area contributed by atoms with Gasteiger partial charge in [0.15, 0.2) is 0 Å². The molecule has 3 aromatic carbocycles. The minimum atomic E-state index is -4.02. The summed E-state index contributed by atoms with van der Waals surface area (Å²) < 4.78 is 28.2. The second kappa shape index (κ2) is 7.81. The molecule has 1 amide bonds. The maximum atomic E-state index is 13.5. The number of benzene rings is 3. The molecule has 1 aliphatic rings. The van der Waals surface area contributed by atoms with Crippen LogP contribution in [0.4, 0.5) is 0 Å². The number of piperazine rings is 1. The number of carbonyl (C=O) groups is 1. The normalized spacial score (nSPS) is 19.9. The van der Waals surface area contributed by atoms with Crippen LogP contribution in [0.2, 0.25) is 0 Å². The van der Waals surface area contributed by atoms with E-state index in [2.05, 4.69) is 5.32 Å². The van der Waals surface area contributed by atoms with Crippen LogP contribution in [0.1, 0.15) is 28.8 Å². The van der Waals surface area contributed by atoms with Gasteiger partial charge in [-0.05, 0) is 30.2 Å². The van der Waals surface area contributed by atoms with E-state index in [1.54, 1.807) is 24.3 Å². The van der Waals surface area contributed by atoms with Gasteiger partial charge in [0.05, 0.1) is 23.5 Å². The van der Waals surface area contributed by atoms with E-state index in [1.807, 2.05) is 67.6 Å². The van der Waals surface area contributed by atoms with Gasteiger partial charge in [-0.3, -0.25) is 10.1 Å². The summed E-state index contributed by atoms with van der Waals surface area (Å²) in [7, 11) is -4.02. The van der Waals surface area contributed by atoms with Crippen LogP contribution in [0, 0.1) is 6.92 Å². The molecule has 1 fully saturated rings. The molecule has 0 unspecified atom stereocenters. The molecule has 0 aliphatic carbocycles. The van der Waals surface area contributed by atoms with E-state index in [1.165, 1.54) is 0 Å². The smallest absolute Gasteiger partial charge is 0.267 e. The van der Waals surface area contributed by atoms with E-state index in [0.717, 1.165) is 21.0 Å². The number of amides is 1. The first-order valence-electron chi connectivity index (χ1n) is 9.46. The van der Waals surface area contributed by atoms with Gasteiger partial charge in [0.2, 0.25) is 0 Å². The summed E-state index contributed by atoms with van der Waals surface area (Å²) in [4.78, 5) is 13.0. The molecule has 0 aromatic heterocycles. The molecule has 0 saturated carbocycles. The van der Waals surface area contributed by atoms with E-state index in [4.69, 9.17) is 0 Å². The Bertz CT molecular complexity index is 1100. The highest BCUT2D eigenvalue weighted by molar-refractivity contribution is 7.89. The van der Waals surface area contributed by atoms with Crippen molar-refractivity contribution in [2.45, 2.75) is 23.9 Å². The minimum absolute atomic E-state index is 0.0476. The van der Waals surface area contributed by atoms with Gasteiger partial charge in [-0.2, -0.15) is 0 Å². The molecule has 1 aliphatic heterocycles. The van der Waals surface area contributed by atoms with Crippen molar-refractivity contribution in [2.24, 2.45) is 0 Å². The second-order valence-corrected chi connectivity index (χ2v) is 8.95. The SMILES string of the molecule is Cc1ccc(S(=O)(=O)N2C(=O)CN[C@@H](c3ccccc3)[C@@H]2c2ccccc2)cc1. The van der Waals surface area contributed by atoms with Crippen LogP contribution >= 0.6 is 0 Å². The van der Waals surface area contributed by atoms with Gasteiger partial charge in [0, 0.05) is 0 Å². The summed E-state index contributed by atoms with van der Waals surface area (Å²) in [6, 6.07) is 24.5. The molecule has 3 aromatic rings. The van der Waals surface area contributed by atoms with Crippen molar-refractivity contribution in [1.29, 1.82) is 0 Å². The largest absolute Gasteiger partial charge is 0.299 e. The first kappa shape index (κ1) is 19.4. The molecule has 2 atom stereocenters. The summed E-state index contributed by atoms with van der Waals surface area (Å²) in [6.07, 6.45) is 0. The maximum absolute atomic E-state index is 13.5. The van der Waals surface area contributed by atoms with Crippen LogP contribution in [0.5, 0.6) is 0 Å². The Morgan fingerprint density at radius 3 is 1.97 bits per heavy atom. The molecular formula is C23H22N2O3S. The quantitative estimate of drug-likeness (QED) is 0.719. The second-order valence-electron chi connectivity index (χ2n) is 7.13. The number of nitrogens with one attached hydrogen (secondary N) is 1. The van der Waals surface area contributed by atoms with E-state index in [9.17, 15) is 13.2 Å². The molecule has 1 N–H and O–H groups in total. The summed E-state index contributed by atoms with van der Waals surface area (Å²) in [5, 5.41) is 3.24. The first-order valence-corrected chi connectivity index (χ1v) is 10.9. The first-order chi connectivity index (χ1) is 14.0. The molecule has 6 heteroatoms. The van der Waals surface area contributed by atoms with E-state index in [-0.39, 0.29) is 17.5 Å². The van der Waals surface area contributed by atoms with Gasteiger partial charge in [-0.1, -0.05) is 78.4 Å². The molecule has 4 rings (SSSR count). The Morgan fingerprint density at radius 1 is 0.828 bits per heavy atom. The number of hydrogen-bond acceptors (Lipinski definition) is 4. The fourth-order valence-corrected chi connectivity index (χ4v) is 5.31. The summed E-state index contributed by atoms with van der Waals surface area (Å²) in [5.41, 5.74) is 2.65. The third-order valence-electron chi connectivity index (χ3n) is 5.16. The average Bonchev–Trinajstić information content (AvgIpc) is 2.75. The number of nitrogens with zero attached hydrogens (tertiary/aromatic N) is 1. The van der Waals surface area contributed by atoms with Crippen molar-refractivity contribution in [2.75, 3.05) is 6.54 Å². The van der Waals surface area contributed by atoms with Gasteiger partial charge in [-0.15, -0.1) is 0 Å². The van der Waals surface area contributed by atoms with Crippen LogP contribution in [-0.2, 0) is 14.8 Å². The molecule has 1 heterocycles. The lowest BCUT2D eigenvalue weighted by molar-refractivity contribution is -0.130. The highest BCUT2D eigenvalue weighted by Crippen LogP contribution is 2.39. The van der Waals surface area contributed by atoms with Crippen LogP contribution < -0.4 is 5.32 Å². The fourth-order valence-electron chi connectivity index (χ4n) is 3.72. The van der Waals surface area contributed by atoms with Gasteiger partial charge >= 0.3 is 0 Å². The third-order valence-corrected chi connectivity index (χ3v) is 6.98. The lowest BCUT2D eigenvalue weighted by Gasteiger charge is -2.41. The number of aryl methyl sites for hydroxylation is 1. The van der Waals surface area contributed by atoms with Gasteiger partial charge in [0.1, 0.15) is 0 Å². The monoisotopic (exact) mass is 406 g/mol. The standard InChI is InChI=1S/C23H22N2O3S/c1-17-12-14-20(15-13-17)29(27,28)25-21(26)16-24-22(18-8-4-2-5-9-18)23(25)19-10-6-3-7-11-19/h2-15,22-24H,16H2,1H3/t22-,23-/m0/s1. The highest BCUT2D eigenvalue weighted by atomic mass is 32.2. The summed E-state index contributed by atoms with van der Waals surface area (Å²) in [5.74, 6) is -0.466. The van der Waals surface area contributed by atoms with Crippen molar-refractivity contribution in [3.63, 3.8) is 0 Å². The lowest BCUT2D eigenvalue weighted by Crippen LogP contribution is -2.53. The summed E-state index contributed by atoms with van der Waals surface area (Å²) in [6.45, 7) is 1.85. The van der Waals surface area contributed by atoms with Gasteiger partial charge in [-0.25, -0.2) is 12.7 Å². The van der Waals surface area contributed by atoms with Crippen molar-refractivity contribution in [3.05, 3.63) is 102 Å². The van der Waals surface area contributed by atoms with Gasteiger partial charge in [0.25, 0.3) is 15.9 Å². The third kappa shape index (κ3) is 3.69. The fraction of sp³-hybridized carbons (Fsp3) is 0.174. The van der Waals surface area contributed by atoms with Crippen LogP contribution in [0.15, 0.2) is 89.8 Å². The molecular weight excluding hydrogens is 384 g/mol. The lowest BCUT2D eigenvalue weighted by atomic mass is 9.91. The number of rotatable bonds is 4. The maximum Gasteiger partial charge on any atom is 0.267 e. The predicted molar refractivity (Wildman–Crippen MR) is 112 cm³/mol. The minimum Gasteiger partial charge on any atom is -0.299 e. The Labute approximate surface area is 171 Å². The zero-order chi connectivity index (χ0) is 20.4. The van der Waals surface area contributed by atoms with Crippen LogP contribution in [0.25, 0.3) is 0 Å². The van der Waals surface area contributed by atoms with Crippen LogP contribution in [-0.4, -0.2) is 25.2 Å². The Kier molecular flexibility index (Phi) is 5.22. The number of sulfonamides is 1. The van der Waals surface area contributed by atoms with Crippen LogP contribution in [0.3, 0.4) is 0 Å². The predicted octanol–water partition coefficient (Wildman–Crippen LogP) is 3.60. The van der Waals surface area contributed by atoms with Crippen molar-refractivity contribution < 1.29 is 13.2 Å². The number of hydrogen-bond donors (Lipinski definition) is 1. The van der Waals surface area contributed by atoms with E-state index in [0.29, 0.717) is 0 Å². The van der Waals surface area contributed by atoms with E-state index >= 15 is 0 Å². The highest BCUT2D eigenvalue weighted by Gasteiger charge is 2.44.